The molecule has 6 aromatic carbocycles. The molecule has 0 aliphatic carbocycles. The summed E-state index contributed by atoms with van der Waals surface area (Å²) in [5.74, 6) is 0.274. The first-order chi connectivity index (χ1) is 23.4. The van der Waals surface area contributed by atoms with Gasteiger partial charge in [-0.3, -0.25) is 4.90 Å². The van der Waals surface area contributed by atoms with Gasteiger partial charge in [-0.2, -0.15) is 0 Å². The van der Waals surface area contributed by atoms with Crippen LogP contribution < -0.4 is 4.90 Å². The maximum atomic E-state index is 8.86. The minimum absolute atomic E-state index is 0.0489. The van der Waals surface area contributed by atoms with E-state index in [4.69, 9.17) is 21.2 Å². The van der Waals surface area contributed by atoms with Crippen molar-refractivity contribution in [2.24, 2.45) is 0 Å². The molecule has 0 fully saturated rings. The number of benzene rings is 6. The smallest absolute Gasteiger partial charge is 0.236 e. The molecular weight excluding hydrogens is 547 g/mol. The summed E-state index contributed by atoms with van der Waals surface area (Å²) in [6.07, 6.45) is 0. The van der Waals surface area contributed by atoms with Gasteiger partial charge in [0.15, 0.2) is 5.58 Å². The van der Waals surface area contributed by atoms with Crippen molar-refractivity contribution in [1.82, 2.24) is 9.97 Å². The number of hydrogen-bond acceptors (Lipinski definition) is 5. The largest absolute Gasteiger partial charge is 0.452 e. The van der Waals surface area contributed by atoms with Crippen molar-refractivity contribution in [3.8, 4) is 11.3 Å². The summed E-state index contributed by atoms with van der Waals surface area (Å²) in [5.41, 5.74) is 3.01. The lowest BCUT2D eigenvalue weighted by Gasteiger charge is -2.25. The van der Waals surface area contributed by atoms with Gasteiger partial charge < -0.3 is 4.42 Å². The number of thiophene rings is 1. The Morgan fingerprint density at radius 3 is 2.28 bits per heavy atom. The van der Waals surface area contributed by atoms with Crippen molar-refractivity contribution < 1.29 is 11.3 Å². The Labute approximate surface area is 258 Å². The van der Waals surface area contributed by atoms with E-state index < -0.39 is 18.1 Å². The Morgan fingerprint density at radius 2 is 1.42 bits per heavy atom. The van der Waals surface area contributed by atoms with Crippen molar-refractivity contribution in [3.05, 3.63) is 139 Å². The Morgan fingerprint density at radius 1 is 0.698 bits per heavy atom. The van der Waals surface area contributed by atoms with Crippen molar-refractivity contribution in [1.29, 1.82) is 0 Å². The number of fused-ring (bicyclic) bond motifs is 8. The molecule has 4 nitrogen and oxygen atoms in total. The molecule has 9 rings (SSSR count). The molecule has 0 spiro atoms. The Balaban J connectivity index is 1.45. The summed E-state index contributed by atoms with van der Waals surface area (Å²) >= 11 is 1.69. The highest BCUT2D eigenvalue weighted by molar-refractivity contribution is 7.26. The van der Waals surface area contributed by atoms with Gasteiger partial charge in [0.1, 0.15) is 16.8 Å². The van der Waals surface area contributed by atoms with Crippen molar-refractivity contribution in [3.63, 3.8) is 0 Å². The fraction of sp³-hybridized carbons (Fsp3) is 0. The van der Waals surface area contributed by atoms with E-state index in [1.807, 2.05) is 71.6 Å². The van der Waals surface area contributed by atoms with Gasteiger partial charge in [-0.25, -0.2) is 9.97 Å². The van der Waals surface area contributed by atoms with Gasteiger partial charge in [-0.05, 0) is 47.2 Å². The molecule has 3 heterocycles. The summed E-state index contributed by atoms with van der Waals surface area (Å²) in [4.78, 5) is 12.2. The number of hydrogen-bond donors (Lipinski definition) is 0. The van der Waals surface area contributed by atoms with Crippen LogP contribution in [0.1, 0.15) is 6.85 Å². The predicted molar refractivity (Wildman–Crippen MR) is 180 cm³/mol. The molecule has 0 aliphatic heterocycles. The van der Waals surface area contributed by atoms with Gasteiger partial charge in [0.05, 0.1) is 17.2 Å². The fourth-order valence-corrected chi connectivity index (χ4v) is 7.10. The summed E-state index contributed by atoms with van der Waals surface area (Å²) in [5, 5.41) is 5.19. The molecule has 0 amide bonds. The van der Waals surface area contributed by atoms with E-state index >= 15 is 0 Å². The maximum Gasteiger partial charge on any atom is 0.236 e. The minimum Gasteiger partial charge on any atom is -0.452 e. The zero-order valence-electron chi connectivity index (χ0n) is 27.6. The Kier molecular flexibility index (Phi) is 4.33. The lowest BCUT2D eigenvalue weighted by atomic mass is 10.0. The molecule has 43 heavy (non-hydrogen) atoms. The number of aromatic nitrogens is 2. The second kappa shape index (κ2) is 9.51. The van der Waals surface area contributed by atoms with Gasteiger partial charge in [-0.15, -0.1) is 11.3 Å². The van der Waals surface area contributed by atoms with Crippen LogP contribution in [0, 0.1) is 0 Å². The van der Waals surface area contributed by atoms with Crippen LogP contribution in [-0.2, 0) is 0 Å². The van der Waals surface area contributed by atoms with Gasteiger partial charge in [0.2, 0.25) is 5.95 Å². The lowest BCUT2D eigenvalue weighted by Crippen LogP contribution is -2.14. The van der Waals surface area contributed by atoms with Gasteiger partial charge in [0.25, 0.3) is 0 Å². The van der Waals surface area contributed by atoms with Crippen LogP contribution in [0.15, 0.2) is 144 Å². The minimum atomic E-state index is -0.474. The summed E-state index contributed by atoms with van der Waals surface area (Å²) in [6.45, 7) is 0. The van der Waals surface area contributed by atoms with E-state index in [0.717, 1.165) is 47.7 Å². The number of rotatable bonds is 4. The normalized spacial score (nSPS) is 13.3. The van der Waals surface area contributed by atoms with Crippen LogP contribution in [0.4, 0.5) is 17.3 Å². The zero-order valence-corrected chi connectivity index (χ0v) is 23.4. The van der Waals surface area contributed by atoms with Gasteiger partial charge >= 0.3 is 0 Å². The van der Waals surface area contributed by atoms with Gasteiger partial charge in [0, 0.05) is 32.1 Å². The quantitative estimate of drug-likeness (QED) is 0.210. The third-order valence-corrected chi connectivity index (χ3v) is 8.94. The van der Waals surface area contributed by atoms with E-state index in [-0.39, 0.29) is 34.9 Å². The van der Waals surface area contributed by atoms with Crippen molar-refractivity contribution >= 4 is 81.7 Å². The SMILES string of the molecule is [2H]c1c([2H])c([2H])c(-c2nc(N(c3ccccc3)c3cc4ccccc4c4c3sc3ccccc34)nc3c2oc2ccccc23)c([2H])c1[2H]. The van der Waals surface area contributed by atoms with Crippen LogP contribution >= 0.6 is 11.3 Å². The van der Waals surface area contributed by atoms with Crippen molar-refractivity contribution in [2.45, 2.75) is 0 Å². The second-order valence-electron chi connectivity index (χ2n) is 10.2. The predicted octanol–water partition coefficient (Wildman–Crippen LogP) is 11.0. The highest BCUT2D eigenvalue weighted by atomic mass is 32.1. The van der Waals surface area contributed by atoms with Crippen LogP contribution in [0.5, 0.6) is 0 Å². The molecular formula is C38H23N3OS. The number of para-hydroxylation sites is 2. The molecule has 0 saturated carbocycles. The highest BCUT2D eigenvalue weighted by Gasteiger charge is 2.25. The Bertz CT molecular complexity index is 2730. The first-order valence-corrected chi connectivity index (χ1v) is 14.7. The zero-order chi connectivity index (χ0) is 32.7. The van der Waals surface area contributed by atoms with E-state index in [9.17, 15) is 0 Å². The molecule has 202 valence electrons. The third-order valence-electron chi connectivity index (χ3n) is 7.75. The molecule has 0 atom stereocenters. The molecule has 0 saturated heterocycles. The first-order valence-electron chi connectivity index (χ1n) is 16.4. The van der Waals surface area contributed by atoms with Crippen LogP contribution in [0.2, 0.25) is 0 Å². The van der Waals surface area contributed by atoms with E-state index in [2.05, 4.69) is 42.5 Å². The maximum absolute atomic E-state index is 8.86. The standard InChI is InChI=1S/C38H23N3OS/c1-3-13-24(14-4-1)34-36-35(28-19-9-11-21-31(28)42-36)40-38(39-34)41(26-16-5-2-6-17-26)30-23-25-15-7-8-18-27(25)33-29-20-10-12-22-32(29)43-37(30)33/h1-23H/i1D,3D,4D,13D,14D. The van der Waals surface area contributed by atoms with Crippen LogP contribution in [0.25, 0.3) is 64.3 Å². The van der Waals surface area contributed by atoms with Crippen LogP contribution in [0.3, 0.4) is 0 Å². The highest BCUT2D eigenvalue weighted by Crippen LogP contribution is 2.48. The topological polar surface area (TPSA) is 42.2 Å². The molecule has 0 radical (unpaired) electrons. The Hall–Kier alpha value is -5.52. The number of furan rings is 1. The van der Waals surface area contributed by atoms with E-state index in [0.29, 0.717) is 11.1 Å². The summed E-state index contributed by atoms with van der Waals surface area (Å²) < 4.78 is 51.3. The average Bonchev–Trinajstić information content (AvgIpc) is 3.70. The lowest BCUT2D eigenvalue weighted by molar-refractivity contribution is 0.667. The number of anilines is 3. The summed E-state index contributed by atoms with van der Waals surface area (Å²) in [7, 11) is 0. The van der Waals surface area contributed by atoms with Crippen LogP contribution in [-0.4, -0.2) is 9.97 Å². The average molecular weight is 575 g/mol. The molecule has 0 aliphatic rings. The number of nitrogens with zero attached hydrogens (tertiary/aromatic N) is 3. The molecule has 0 bridgehead atoms. The molecule has 5 heteroatoms. The molecule has 0 N–H and O–H groups in total. The third kappa shape index (κ3) is 3.75. The van der Waals surface area contributed by atoms with Gasteiger partial charge in [-0.1, -0.05) is 103 Å². The molecule has 3 aromatic heterocycles. The fourth-order valence-electron chi connectivity index (χ4n) is 5.88. The van der Waals surface area contributed by atoms with Crippen molar-refractivity contribution in [2.75, 3.05) is 4.90 Å². The first kappa shape index (κ1) is 19.6. The van der Waals surface area contributed by atoms with E-state index in [1.54, 1.807) is 11.3 Å². The molecule has 9 aromatic rings. The summed E-state index contributed by atoms with van der Waals surface area (Å²) in [6, 6.07) is 34.0. The second-order valence-corrected chi connectivity index (χ2v) is 11.3. The monoisotopic (exact) mass is 574 g/mol. The molecule has 0 unspecified atom stereocenters. The van der Waals surface area contributed by atoms with E-state index in [1.165, 1.54) is 0 Å².